The van der Waals surface area contributed by atoms with Crippen molar-refractivity contribution in [2.24, 2.45) is 5.16 Å². The maximum atomic E-state index is 9.81. The molecule has 0 aliphatic carbocycles. The van der Waals surface area contributed by atoms with Crippen LogP contribution in [0.3, 0.4) is 0 Å². The minimum Gasteiger partial charge on any atom is -0.508 e. The fourth-order valence-electron chi connectivity index (χ4n) is 1.98. The number of hydrogen-bond donors (Lipinski definition) is 3. The summed E-state index contributed by atoms with van der Waals surface area (Å²) in [6, 6.07) is 11.5. The van der Waals surface area contributed by atoms with Gasteiger partial charge in [-0.2, -0.15) is 0 Å². The molecule has 0 aromatic heterocycles. The van der Waals surface area contributed by atoms with Crippen molar-refractivity contribution in [1.29, 1.82) is 0 Å². The Morgan fingerprint density at radius 3 is 2.55 bits per heavy atom. The first kappa shape index (κ1) is 13.7. The molecule has 0 atom stereocenters. The Hall–Kier alpha value is -2.69. The van der Waals surface area contributed by atoms with Gasteiger partial charge in [0.25, 0.3) is 0 Å². The molecule has 20 heavy (non-hydrogen) atoms. The van der Waals surface area contributed by atoms with E-state index in [0.29, 0.717) is 17.7 Å². The highest BCUT2D eigenvalue weighted by molar-refractivity contribution is 6.04. The van der Waals surface area contributed by atoms with Gasteiger partial charge in [-0.1, -0.05) is 23.4 Å². The fraction of sp³-hybridized carbons (Fsp3) is 0.133. The molecule has 0 saturated heterocycles. The number of nitrogens with zero attached hydrogens (tertiary/aromatic N) is 1. The van der Waals surface area contributed by atoms with E-state index in [0.717, 1.165) is 5.56 Å². The molecule has 0 amide bonds. The first-order valence-electron chi connectivity index (χ1n) is 6.01. The molecule has 0 fully saturated rings. The molecule has 0 unspecified atom stereocenters. The van der Waals surface area contributed by atoms with Gasteiger partial charge in [0.15, 0.2) is 0 Å². The predicted octanol–water partition coefficient (Wildman–Crippen LogP) is 2.53. The normalized spacial score (nSPS) is 11.3. The number of phenols is 2. The summed E-state index contributed by atoms with van der Waals surface area (Å²) < 4.78 is 5.24. The van der Waals surface area contributed by atoms with Crippen molar-refractivity contribution in [2.45, 2.75) is 6.42 Å². The number of hydrogen-bond acceptors (Lipinski definition) is 5. The van der Waals surface area contributed by atoms with Crippen molar-refractivity contribution in [3.05, 3.63) is 53.6 Å². The molecule has 0 aliphatic rings. The summed E-state index contributed by atoms with van der Waals surface area (Å²) in [5, 5.41) is 31.5. The lowest BCUT2D eigenvalue weighted by Gasteiger charge is -2.10. The Kier molecular flexibility index (Phi) is 4.10. The first-order valence-corrected chi connectivity index (χ1v) is 6.01. The molecule has 0 aliphatic heterocycles. The molecule has 2 rings (SSSR count). The van der Waals surface area contributed by atoms with E-state index in [1.165, 1.54) is 18.2 Å². The van der Waals surface area contributed by atoms with Gasteiger partial charge in [0.1, 0.15) is 17.2 Å². The average Bonchev–Trinajstić information content (AvgIpc) is 2.46. The van der Waals surface area contributed by atoms with Gasteiger partial charge in [0.2, 0.25) is 0 Å². The highest BCUT2D eigenvalue weighted by Gasteiger charge is 2.13. The van der Waals surface area contributed by atoms with Crippen LogP contribution in [0.5, 0.6) is 17.2 Å². The van der Waals surface area contributed by atoms with E-state index in [9.17, 15) is 15.4 Å². The van der Waals surface area contributed by atoms with Gasteiger partial charge >= 0.3 is 0 Å². The van der Waals surface area contributed by atoms with Crippen LogP contribution in [0.4, 0.5) is 0 Å². The molecule has 0 saturated carbocycles. The molecule has 2 aromatic carbocycles. The molecule has 3 N–H and O–H groups in total. The summed E-state index contributed by atoms with van der Waals surface area (Å²) in [4.78, 5) is 0. The zero-order valence-electron chi connectivity index (χ0n) is 10.9. The van der Waals surface area contributed by atoms with E-state index in [-0.39, 0.29) is 17.2 Å². The SMILES string of the molecule is COc1ccccc1CC(=NO)c1ccc(O)cc1O. The maximum Gasteiger partial charge on any atom is 0.128 e. The minimum atomic E-state index is -0.146. The van der Waals surface area contributed by atoms with E-state index in [1.54, 1.807) is 13.2 Å². The Morgan fingerprint density at radius 1 is 1.15 bits per heavy atom. The van der Waals surface area contributed by atoms with E-state index >= 15 is 0 Å². The first-order chi connectivity index (χ1) is 9.65. The molecule has 104 valence electrons. The Labute approximate surface area is 116 Å². The van der Waals surface area contributed by atoms with Gasteiger partial charge in [-0.15, -0.1) is 0 Å². The number of aromatic hydroxyl groups is 2. The number of para-hydroxylation sites is 1. The average molecular weight is 273 g/mol. The van der Waals surface area contributed by atoms with Crippen LogP contribution < -0.4 is 4.74 Å². The summed E-state index contributed by atoms with van der Waals surface area (Å²) in [6.07, 6.45) is 0.291. The topological polar surface area (TPSA) is 82.3 Å². The van der Waals surface area contributed by atoms with E-state index in [4.69, 9.17) is 4.74 Å². The van der Waals surface area contributed by atoms with Gasteiger partial charge in [0.05, 0.1) is 12.8 Å². The summed E-state index contributed by atoms with van der Waals surface area (Å²) in [7, 11) is 1.56. The highest BCUT2D eigenvalue weighted by atomic mass is 16.5. The number of ether oxygens (including phenoxy) is 1. The molecule has 5 heteroatoms. The van der Waals surface area contributed by atoms with Crippen LogP contribution in [0.2, 0.25) is 0 Å². The van der Waals surface area contributed by atoms with Crippen molar-refractivity contribution < 1.29 is 20.2 Å². The highest BCUT2D eigenvalue weighted by Crippen LogP contribution is 2.26. The maximum absolute atomic E-state index is 9.81. The second kappa shape index (κ2) is 5.97. The van der Waals surface area contributed by atoms with Crippen molar-refractivity contribution in [3.63, 3.8) is 0 Å². The van der Waals surface area contributed by atoms with Gasteiger partial charge in [0, 0.05) is 23.6 Å². The van der Waals surface area contributed by atoms with Gasteiger partial charge in [-0.25, -0.2) is 0 Å². The Balaban J connectivity index is 2.34. The van der Waals surface area contributed by atoms with Crippen molar-refractivity contribution in [2.75, 3.05) is 7.11 Å². The van der Waals surface area contributed by atoms with Crippen LogP contribution in [0.1, 0.15) is 11.1 Å². The summed E-state index contributed by atoms with van der Waals surface area (Å²) in [5.74, 6) is 0.473. The van der Waals surface area contributed by atoms with Gasteiger partial charge < -0.3 is 20.2 Å². The van der Waals surface area contributed by atoms with Crippen LogP contribution in [0.25, 0.3) is 0 Å². The van der Waals surface area contributed by atoms with Crippen molar-refractivity contribution >= 4 is 5.71 Å². The quantitative estimate of drug-likeness (QED) is 0.454. The fourth-order valence-corrected chi connectivity index (χ4v) is 1.98. The molecule has 0 heterocycles. The lowest BCUT2D eigenvalue weighted by atomic mass is 10.0. The lowest BCUT2D eigenvalue weighted by molar-refractivity contribution is 0.318. The summed E-state index contributed by atoms with van der Waals surface area (Å²) in [5.41, 5.74) is 1.47. The minimum absolute atomic E-state index is 0.0548. The zero-order chi connectivity index (χ0) is 14.5. The smallest absolute Gasteiger partial charge is 0.128 e. The van der Waals surface area contributed by atoms with Crippen LogP contribution >= 0.6 is 0 Å². The van der Waals surface area contributed by atoms with Gasteiger partial charge in [-0.3, -0.25) is 0 Å². The number of oxime groups is 1. The van der Waals surface area contributed by atoms with Crippen LogP contribution in [0.15, 0.2) is 47.6 Å². The molecule has 5 nitrogen and oxygen atoms in total. The second-order valence-corrected chi connectivity index (χ2v) is 4.24. The number of benzene rings is 2. The summed E-state index contributed by atoms with van der Waals surface area (Å²) >= 11 is 0. The van der Waals surface area contributed by atoms with Crippen LogP contribution in [-0.4, -0.2) is 28.2 Å². The van der Waals surface area contributed by atoms with Crippen molar-refractivity contribution in [3.8, 4) is 17.2 Å². The van der Waals surface area contributed by atoms with E-state index < -0.39 is 0 Å². The Bertz CT molecular complexity index is 638. The van der Waals surface area contributed by atoms with Crippen molar-refractivity contribution in [1.82, 2.24) is 0 Å². The molecular weight excluding hydrogens is 258 g/mol. The third kappa shape index (κ3) is 2.83. The van der Waals surface area contributed by atoms with E-state index in [1.807, 2.05) is 18.2 Å². The number of rotatable bonds is 4. The van der Waals surface area contributed by atoms with Crippen LogP contribution in [-0.2, 0) is 6.42 Å². The molecule has 0 spiro atoms. The molecular formula is C15H15NO4. The van der Waals surface area contributed by atoms with E-state index in [2.05, 4.69) is 5.16 Å². The van der Waals surface area contributed by atoms with Gasteiger partial charge in [-0.05, 0) is 18.2 Å². The zero-order valence-corrected chi connectivity index (χ0v) is 10.9. The molecule has 0 radical (unpaired) electrons. The number of methoxy groups -OCH3 is 1. The molecule has 0 bridgehead atoms. The third-order valence-electron chi connectivity index (χ3n) is 2.96. The molecule has 2 aromatic rings. The van der Waals surface area contributed by atoms with Crippen LogP contribution in [0, 0.1) is 0 Å². The standard InChI is InChI=1S/C15H15NO4/c1-20-15-5-3-2-4-10(15)8-13(16-19)12-7-6-11(17)9-14(12)18/h2-7,9,17-19H,8H2,1H3. The summed E-state index contributed by atoms with van der Waals surface area (Å²) in [6.45, 7) is 0. The monoisotopic (exact) mass is 273 g/mol. The lowest BCUT2D eigenvalue weighted by Crippen LogP contribution is -2.07. The number of phenolic OH excluding ortho intramolecular Hbond substituents is 2. The Morgan fingerprint density at radius 2 is 1.90 bits per heavy atom. The largest absolute Gasteiger partial charge is 0.508 e. The third-order valence-corrected chi connectivity index (χ3v) is 2.96. The predicted molar refractivity (Wildman–Crippen MR) is 74.8 cm³/mol. The second-order valence-electron chi connectivity index (χ2n) is 4.24.